The molecule has 2 aromatic carbocycles. The lowest BCUT2D eigenvalue weighted by molar-refractivity contribution is 0.187. The largest absolute Gasteiger partial charge is 0.453 e. The lowest BCUT2D eigenvalue weighted by Crippen LogP contribution is -2.13. The van der Waals surface area contributed by atoms with Crippen molar-refractivity contribution in [3.05, 3.63) is 58.5 Å². The molecule has 27 heavy (non-hydrogen) atoms. The number of methoxy groups -OCH3 is 1. The molecule has 0 radical (unpaired) electrons. The van der Waals surface area contributed by atoms with Gasteiger partial charge in [0, 0.05) is 23.4 Å². The minimum Gasteiger partial charge on any atom is -0.453 e. The van der Waals surface area contributed by atoms with Crippen LogP contribution in [0.2, 0.25) is 0 Å². The van der Waals surface area contributed by atoms with Gasteiger partial charge in [0.1, 0.15) is 11.5 Å². The molecule has 0 bridgehead atoms. The molecule has 0 unspecified atom stereocenters. The van der Waals surface area contributed by atoms with E-state index in [2.05, 4.69) is 15.2 Å². The molecule has 1 amide bonds. The van der Waals surface area contributed by atoms with E-state index in [9.17, 15) is 9.70 Å². The average molecular weight is 362 g/mol. The highest BCUT2D eigenvalue weighted by molar-refractivity contribution is 5.86. The van der Waals surface area contributed by atoms with Crippen molar-refractivity contribution in [3.63, 3.8) is 0 Å². The molecule has 2 heterocycles. The van der Waals surface area contributed by atoms with E-state index in [0.717, 1.165) is 28.7 Å². The zero-order chi connectivity index (χ0) is 19.0. The Bertz CT molecular complexity index is 1060. The fourth-order valence-corrected chi connectivity index (χ4v) is 3.46. The van der Waals surface area contributed by atoms with Gasteiger partial charge in [-0.1, -0.05) is 30.3 Å². The van der Waals surface area contributed by atoms with E-state index >= 15 is 0 Å². The molecule has 0 aliphatic carbocycles. The van der Waals surface area contributed by atoms with Gasteiger partial charge in [-0.15, -0.1) is 4.91 Å². The van der Waals surface area contributed by atoms with Crippen LogP contribution < -0.4 is 5.32 Å². The fourth-order valence-electron chi connectivity index (χ4n) is 3.46. The molecule has 4 rings (SSSR count). The third-order valence-electron chi connectivity index (χ3n) is 4.81. The number of carbonyl (C=O) groups is 1. The van der Waals surface area contributed by atoms with Gasteiger partial charge in [-0.3, -0.25) is 5.32 Å². The molecule has 0 atom stereocenters. The third kappa shape index (κ3) is 2.87. The molecule has 1 aliphatic heterocycles. The van der Waals surface area contributed by atoms with Gasteiger partial charge < -0.3 is 9.30 Å². The first-order valence-electron chi connectivity index (χ1n) is 8.60. The maximum atomic E-state index is 11.6. The third-order valence-corrected chi connectivity index (χ3v) is 4.81. The van der Waals surface area contributed by atoms with Gasteiger partial charge >= 0.3 is 6.09 Å². The summed E-state index contributed by atoms with van der Waals surface area (Å²) in [6, 6.07) is 13.4. The monoisotopic (exact) mass is 362 g/mol. The second kappa shape index (κ2) is 6.68. The summed E-state index contributed by atoms with van der Waals surface area (Å²) in [6.45, 7) is 2.61. The normalized spacial score (nSPS) is 12.1. The van der Waals surface area contributed by atoms with E-state index in [4.69, 9.17) is 4.98 Å². The zero-order valence-electron chi connectivity index (χ0n) is 15.0. The molecule has 0 fully saturated rings. The summed E-state index contributed by atoms with van der Waals surface area (Å²) < 4.78 is 6.50. The SMILES string of the molecule is COC(=O)Nc1ccc2c(c1)-c1nc(-c3ccccc3C)c(N=O)n1CC2. The van der Waals surface area contributed by atoms with Crippen LogP contribution in [-0.2, 0) is 17.7 Å². The van der Waals surface area contributed by atoms with E-state index in [0.29, 0.717) is 29.6 Å². The molecule has 1 N–H and O–H groups in total. The van der Waals surface area contributed by atoms with Crippen molar-refractivity contribution >= 4 is 17.6 Å². The molecular formula is C20H18N4O3. The molecule has 1 aliphatic rings. The number of nitrogens with zero attached hydrogens (tertiary/aromatic N) is 3. The van der Waals surface area contributed by atoms with E-state index in [1.54, 1.807) is 0 Å². The highest BCUT2D eigenvalue weighted by Gasteiger charge is 2.26. The van der Waals surface area contributed by atoms with Crippen LogP contribution in [0, 0.1) is 11.8 Å². The van der Waals surface area contributed by atoms with Crippen molar-refractivity contribution in [1.29, 1.82) is 0 Å². The number of benzene rings is 2. The van der Waals surface area contributed by atoms with Crippen molar-refractivity contribution in [1.82, 2.24) is 9.55 Å². The minimum absolute atomic E-state index is 0.330. The van der Waals surface area contributed by atoms with E-state index < -0.39 is 6.09 Å². The molecule has 0 spiro atoms. The van der Waals surface area contributed by atoms with Gasteiger partial charge in [0.15, 0.2) is 0 Å². The number of anilines is 1. The molecule has 0 saturated carbocycles. The number of ether oxygens (including phenoxy) is 1. The Morgan fingerprint density at radius 1 is 1.22 bits per heavy atom. The highest BCUT2D eigenvalue weighted by Crippen LogP contribution is 2.40. The summed E-state index contributed by atoms with van der Waals surface area (Å²) in [5.41, 5.74) is 5.09. The van der Waals surface area contributed by atoms with Crippen molar-refractivity contribution in [3.8, 4) is 22.6 Å². The Labute approximate surface area is 156 Å². The number of hydrogen-bond donors (Lipinski definition) is 1. The summed E-state index contributed by atoms with van der Waals surface area (Å²) in [5, 5.41) is 5.94. The summed E-state index contributed by atoms with van der Waals surface area (Å²) in [6.07, 6.45) is 0.220. The van der Waals surface area contributed by atoms with Gasteiger partial charge in [0.25, 0.3) is 0 Å². The molecular weight excluding hydrogens is 344 g/mol. The zero-order valence-corrected chi connectivity index (χ0v) is 15.0. The number of imidazole rings is 1. The van der Waals surface area contributed by atoms with Gasteiger partial charge in [-0.05, 0) is 41.8 Å². The molecule has 136 valence electrons. The highest BCUT2D eigenvalue weighted by atomic mass is 16.5. The Balaban J connectivity index is 1.87. The van der Waals surface area contributed by atoms with Gasteiger partial charge in [0.05, 0.1) is 7.11 Å². The number of amides is 1. The molecule has 3 aromatic rings. The van der Waals surface area contributed by atoms with E-state index in [-0.39, 0.29) is 0 Å². The van der Waals surface area contributed by atoms with Crippen molar-refractivity contribution in [2.24, 2.45) is 5.18 Å². The van der Waals surface area contributed by atoms with Crippen molar-refractivity contribution in [2.45, 2.75) is 19.9 Å². The van der Waals surface area contributed by atoms with E-state index in [1.165, 1.54) is 7.11 Å². The van der Waals surface area contributed by atoms with E-state index in [1.807, 2.05) is 54.0 Å². The van der Waals surface area contributed by atoms with Gasteiger partial charge in [-0.2, -0.15) is 0 Å². The lowest BCUT2D eigenvalue weighted by atomic mass is 10.00. The number of nitroso groups, excluding NO2 is 1. The van der Waals surface area contributed by atoms with Crippen LogP contribution in [0.25, 0.3) is 22.6 Å². The fraction of sp³-hybridized carbons (Fsp3) is 0.200. The second-order valence-electron chi connectivity index (χ2n) is 6.40. The average Bonchev–Trinajstić information content (AvgIpc) is 3.07. The van der Waals surface area contributed by atoms with Crippen molar-refractivity contribution < 1.29 is 9.53 Å². The molecule has 1 aromatic heterocycles. The van der Waals surface area contributed by atoms with Crippen LogP contribution in [-0.4, -0.2) is 22.8 Å². The Hall–Kier alpha value is -3.48. The number of rotatable bonds is 3. The first kappa shape index (κ1) is 17.0. The maximum absolute atomic E-state index is 11.6. The van der Waals surface area contributed by atoms with Crippen LogP contribution in [0.5, 0.6) is 0 Å². The summed E-state index contributed by atoms with van der Waals surface area (Å²) >= 11 is 0. The summed E-state index contributed by atoms with van der Waals surface area (Å²) in [4.78, 5) is 27.9. The summed E-state index contributed by atoms with van der Waals surface area (Å²) in [5.74, 6) is 1.01. The number of aromatic nitrogens is 2. The minimum atomic E-state index is -0.537. The Morgan fingerprint density at radius 2 is 2.04 bits per heavy atom. The smallest absolute Gasteiger partial charge is 0.411 e. The summed E-state index contributed by atoms with van der Waals surface area (Å²) in [7, 11) is 1.32. The Kier molecular flexibility index (Phi) is 4.19. The molecule has 7 heteroatoms. The van der Waals surface area contributed by atoms with Crippen LogP contribution in [0.15, 0.2) is 47.6 Å². The topological polar surface area (TPSA) is 85.6 Å². The van der Waals surface area contributed by atoms with Crippen molar-refractivity contribution in [2.75, 3.05) is 12.4 Å². The predicted octanol–water partition coefficient (Wildman–Crippen LogP) is 4.66. The van der Waals surface area contributed by atoms with Crippen LogP contribution in [0.3, 0.4) is 0 Å². The second-order valence-corrected chi connectivity index (χ2v) is 6.40. The first-order valence-corrected chi connectivity index (χ1v) is 8.60. The number of aryl methyl sites for hydroxylation is 2. The number of nitrogens with one attached hydrogen (secondary N) is 1. The maximum Gasteiger partial charge on any atom is 0.411 e. The van der Waals surface area contributed by atoms with Crippen LogP contribution in [0.4, 0.5) is 16.3 Å². The predicted molar refractivity (Wildman–Crippen MR) is 103 cm³/mol. The van der Waals surface area contributed by atoms with Crippen LogP contribution >= 0.6 is 0 Å². The molecule has 7 nitrogen and oxygen atoms in total. The van der Waals surface area contributed by atoms with Crippen LogP contribution in [0.1, 0.15) is 11.1 Å². The number of fused-ring (bicyclic) bond motifs is 3. The standard InChI is InChI=1S/C20H18N4O3/c1-12-5-3-4-6-15(12)17-19(23-26)24-10-9-13-7-8-14(21-20(25)27-2)11-16(13)18(24)22-17/h3-8,11H,9-10H2,1-2H3,(H,21,25). The quantitative estimate of drug-likeness (QED) is 0.687. The number of carbonyl (C=O) groups excluding carboxylic acids is 1. The Morgan fingerprint density at radius 3 is 2.78 bits per heavy atom. The van der Waals surface area contributed by atoms with Gasteiger partial charge in [0.2, 0.25) is 5.82 Å². The molecule has 0 saturated heterocycles. The first-order chi connectivity index (χ1) is 13.1. The van der Waals surface area contributed by atoms with Gasteiger partial charge in [-0.25, -0.2) is 9.78 Å². The lowest BCUT2D eigenvalue weighted by Gasteiger charge is -2.19. The number of hydrogen-bond acceptors (Lipinski definition) is 5.